The molecule has 2 aromatic carbocycles. The van der Waals surface area contributed by atoms with Crippen molar-refractivity contribution in [1.29, 1.82) is 5.26 Å². The molecule has 1 aliphatic rings. The second kappa shape index (κ2) is 8.94. The highest BCUT2D eigenvalue weighted by atomic mass is 32.2. The molecule has 0 saturated carbocycles. The first kappa shape index (κ1) is 20.6. The predicted octanol–water partition coefficient (Wildman–Crippen LogP) is 2.13. The molecule has 9 heteroatoms. The van der Waals surface area contributed by atoms with Gasteiger partial charge in [0.15, 0.2) is 11.5 Å². The van der Waals surface area contributed by atoms with E-state index in [2.05, 4.69) is 4.72 Å². The molecule has 1 N–H and O–H groups in total. The molecule has 0 amide bonds. The molecule has 1 atom stereocenters. The number of nitriles is 1. The molecule has 2 aromatic rings. The number of esters is 1. The summed E-state index contributed by atoms with van der Waals surface area (Å²) < 4.78 is 43.7. The summed E-state index contributed by atoms with van der Waals surface area (Å²) >= 11 is 0. The van der Waals surface area contributed by atoms with Crippen LogP contribution in [0.2, 0.25) is 0 Å². The summed E-state index contributed by atoms with van der Waals surface area (Å²) in [5, 5.41) is 8.79. The highest BCUT2D eigenvalue weighted by Crippen LogP contribution is 2.31. The topological polar surface area (TPSA) is 115 Å². The monoisotopic (exact) mass is 416 g/mol. The van der Waals surface area contributed by atoms with Crippen LogP contribution in [0.1, 0.15) is 24.5 Å². The molecular weight excluding hydrogens is 396 g/mol. The van der Waals surface area contributed by atoms with Crippen molar-refractivity contribution in [3.05, 3.63) is 53.6 Å². The summed E-state index contributed by atoms with van der Waals surface area (Å²) in [5.41, 5.74) is 1.19. The smallest absolute Gasteiger partial charge is 0.324 e. The van der Waals surface area contributed by atoms with E-state index in [1.54, 1.807) is 24.3 Å². The molecule has 29 heavy (non-hydrogen) atoms. The van der Waals surface area contributed by atoms with E-state index in [1.165, 1.54) is 25.1 Å². The summed E-state index contributed by atoms with van der Waals surface area (Å²) in [6.07, 6.45) is 0.705. The summed E-state index contributed by atoms with van der Waals surface area (Å²) in [6, 6.07) is 11.8. The predicted molar refractivity (Wildman–Crippen MR) is 103 cm³/mol. The Kier molecular flexibility index (Phi) is 6.36. The van der Waals surface area contributed by atoms with Gasteiger partial charge in [0.05, 0.1) is 29.7 Å². The minimum Gasteiger partial charge on any atom is -0.490 e. The van der Waals surface area contributed by atoms with E-state index in [9.17, 15) is 13.2 Å². The molecule has 0 aromatic heterocycles. The molecule has 0 spiro atoms. The minimum absolute atomic E-state index is 0.0271. The molecule has 152 valence electrons. The number of rotatable bonds is 6. The van der Waals surface area contributed by atoms with Crippen LogP contribution in [-0.4, -0.2) is 33.6 Å². The Hall–Kier alpha value is -3.09. The van der Waals surface area contributed by atoms with Gasteiger partial charge in [-0.2, -0.15) is 9.98 Å². The van der Waals surface area contributed by atoms with E-state index in [0.717, 1.165) is 0 Å². The van der Waals surface area contributed by atoms with Gasteiger partial charge in [-0.25, -0.2) is 8.42 Å². The molecule has 0 fully saturated rings. The number of carbonyl (C=O) groups excluding carboxylic acids is 1. The van der Waals surface area contributed by atoms with Crippen LogP contribution in [-0.2, 0) is 26.2 Å². The number of fused-ring (bicyclic) bond motifs is 1. The normalized spacial score (nSPS) is 14.3. The number of nitrogens with one attached hydrogen (secondary N) is 1. The Morgan fingerprint density at radius 1 is 1.17 bits per heavy atom. The molecule has 8 nitrogen and oxygen atoms in total. The van der Waals surface area contributed by atoms with Gasteiger partial charge in [0, 0.05) is 12.5 Å². The zero-order valence-corrected chi connectivity index (χ0v) is 16.6. The molecular formula is C20H20N2O6S. The maximum absolute atomic E-state index is 12.6. The van der Waals surface area contributed by atoms with Crippen molar-refractivity contribution in [2.75, 3.05) is 13.2 Å². The molecule has 1 heterocycles. The van der Waals surface area contributed by atoms with Gasteiger partial charge in [-0.15, -0.1) is 0 Å². The summed E-state index contributed by atoms with van der Waals surface area (Å²) in [4.78, 5) is 12.1. The van der Waals surface area contributed by atoms with Crippen molar-refractivity contribution < 1.29 is 27.4 Å². The Bertz CT molecular complexity index is 1030. The minimum atomic E-state index is -3.96. The lowest BCUT2D eigenvalue weighted by molar-refractivity contribution is -0.146. The number of benzene rings is 2. The van der Waals surface area contributed by atoms with Crippen molar-refractivity contribution in [1.82, 2.24) is 4.72 Å². The summed E-state index contributed by atoms with van der Waals surface area (Å²) in [5.74, 6) is 0.116. The van der Waals surface area contributed by atoms with Crippen LogP contribution in [0.4, 0.5) is 0 Å². The van der Waals surface area contributed by atoms with Gasteiger partial charge in [0.25, 0.3) is 0 Å². The fraction of sp³-hybridized carbons (Fsp3) is 0.300. The first-order chi connectivity index (χ1) is 13.9. The lowest BCUT2D eigenvalue weighted by Gasteiger charge is -2.15. The number of hydrogen-bond acceptors (Lipinski definition) is 7. The van der Waals surface area contributed by atoms with Crippen molar-refractivity contribution in [3.8, 4) is 17.6 Å². The molecule has 1 aliphatic heterocycles. The summed E-state index contributed by atoms with van der Waals surface area (Å²) in [6.45, 7) is 2.31. The fourth-order valence-electron chi connectivity index (χ4n) is 2.61. The number of ether oxygens (including phenoxy) is 3. The zero-order valence-electron chi connectivity index (χ0n) is 15.8. The largest absolute Gasteiger partial charge is 0.490 e. The third-order valence-electron chi connectivity index (χ3n) is 4.18. The highest BCUT2D eigenvalue weighted by Gasteiger charge is 2.25. The van der Waals surface area contributed by atoms with E-state index >= 15 is 0 Å². The Morgan fingerprint density at radius 3 is 2.55 bits per heavy atom. The standard InChI is InChI=1S/C20H20N2O6S/c1-14(20(23)28-13-16-5-3-15(12-21)4-6-16)22-29(24,25)17-7-8-18-19(11-17)27-10-2-9-26-18/h3-8,11,14,22H,2,9-10,13H2,1H3/t14-/m0/s1. The molecule has 0 unspecified atom stereocenters. The van der Waals surface area contributed by atoms with Crippen molar-refractivity contribution in [2.24, 2.45) is 0 Å². The quantitative estimate of drug-likeness (QED) is 0.717. The van der Waals surface area contributed by atoms with Crippen molar-refractivity contribution in [2.45, 2.75) is 30.9 Å². The van der Waals surface area contributed by atoms with Crippen LogP contribution < -0.4 is 14.2 Å². The average molecular weight is 416 g/mol. The Labute approximate surface area is 169 Å². The van der Waals surface area contributed by atoms with Gasteiger partial charge in [0.2, 0.25) is 10.0 Å². The maximum Gasteiger partial charge on any atom is 0.324 e. The molecule has 0 bridgehead atoms. The summed E-state index contributed by atoms with van der Waals surface area (Å²) in [7, 11) is -3.96. The SMILES string of the molecule is C[C@H](NS(=O)(=O)c1ccc2c(c1)OCCCO2)C(=O)OCc1ccc(C#N)cc1. The molecule has 0 saturated heterocycles. The van der Waals surface area contributed by atoms with Crippen LogP contribution in [0.15, 0.2) is 47.4 Å². The van der Waals surface area contributed by atoms with Crippen LogP contribution in [0.3, 0.4) is 0 Å². The zero-order chi connectivity index (χ0) is 20.9. The first-order valence-electron chi connectivity index (χ1n) is 8.97. The van der Waals surface area contributed by atoms with E-state index in [1.807, 2.05) is 6.07 Å². The second-order valence-corrected chi connectivity index (χ2v) is 8.13. The lowest BCUT2D eigenvalue weighted by atomic mass is 10.2. The van der Waals surface area contributed by atoms with E-state index in [0.29, 0.717) is 42.3 Å². The van der Waals surface area contributed by atoms with E-state index in [-0.39, 0.29) is 11.5 Å². The van der Waals surface area contributed by atoms with Crippen molar-refractivity contribution in [3.63, 3.8) is 0 Å². The van der Waals surface area contributed by atoms with Crippen LogP contribution in [0, 0.1) is 11.3 Å². The first-order valence-corrected chi connectivity index (χ1v) is 10.4. The molecule has 0 aliphatic carbocycles. The average Bonchev–Trinajstić information content (AvgIpc) is 2.96. The van der Waals surface area contributed by atoms with Gasteiger partial charge < -0.3 is 14.2 Å². The third-order valence-corrected chi connectivity index (χ3v) is 5.72. The van der Waals surface area contributed by atoms with E-state index in [4.69, 9.17) is 19.5 Å². The van der Waals surface area contributed by atoms with Gasteiger partial charge in [0.1, 0.15) is 12.6 Å². The highest BCUT2D eigenvalue weighted by molar-refractivity contribution is 7.89. The second-order valence-electron chi connectivity index (χ2n) is 6.42. The van der Waals surface area contributed by atoms with Gasteiger partial charge >= 0.3 is 5.97 Å². The molecule has 0 radical (unpaired) electrons. The van der Waals surface area contributed by atoms with Gasteiger partial charge in [-0.3, -0.25) is 4.79 Å². The van der Waals surface area contributed by atoms with Gasteiger partial charge in [-0.05, 0) is 36.8 Å². The Morgan fingerprint density at radius 2 is 1.86 bits per heavy atom. The number of sulfonamides is 1. The molecule has 3 rings (SSSR count). The number of carbonyl (C=O) groups is 1. The number of nitrogens with zero attached hydrogens (tertiary/aromatic N) is 1. The maximum atomic E-state index is 12.6. The van der Waals surface area contributed by atoms with Crippen LogP contribution >= 0.6 is 0 Å². The van der Waals surface area contributed by atoms with Crippen LogP contribution in [0.5, 0.6) is 11.5 Å². The number of hydrogen-bond donors (Lipinski definition) is 1. The fourth-order valence-corrected chi connectivity index (χ4v) is 3.82. The third kappa shape index (κ3) is 5.25. The van der Waals surface area contributed by atoms with E-state index < -0.39 is 22.0 Å². The van der Waals surface area contributed by atoms with Crippen molar-refractivity contribution >= 4 is 16.0 Å². The lowest BCUT2D eigenvalue weighted by Crippen LogP contribution is -2.39. The Balaban J connectivity index is 1.62. The van der Waals surface area contributed by atoms with Gasteiger partial charge in [-0.1, -0.05) is 12.1 Å². The van der Waals surface area contributed by atoms with Crippen LogP contribution in [0.25, 0.3) is 0 Å².